The van der Waals surface area contributed by atoms with Crippen molar-refractivity contribution in [2.45, 2.75) is 32.2 Å². The number of aromatic nitrogens is 2. The Bertz CT molecular complexity index is 1320. The van der Waals surface area contributed by atoms with Crippen molar-refractivity contribution in [2.24, 2.45) is 0 Å². The maximum Gasteiger partial charge on any atom is 0.337 e. The number of aryl methyl sites for hydroxylation is 2. The van der Waals surface area contributed by atoms with Crippen LogP contribution >= 0.6 is 22.9 Å². The van der Waals surface area contributed by atoms with Gasteiger partial charge >= 0.3 is 5.69 Å². The van der Waals surface area contributed by atoms with Crippen molar-refractivity contribution in [3.05, 3.63) is 96.5 Å². The van der Waals surface area contributed by atoms with Gasteiger partial charge in [0.05, 0.1) is 17.6 Å². The van der Waals surface area contributed by atoms with Crippen LogP contribution in [-0.4, -0.2) is 9.13 Å². The van der Waals surface area contributed by atoms with E-state index >= 15 is 0 Å². The molecule has 4 aromatic rings. The van der Waals surface area contributed by atoms with E-state index in [1.165, 1.54) is 9.44 Å². The van der Waals surface area contributed by atoms with Crippen LogP contribution in [0.4, 0.5) is 0 Å². The second-order valence-corrected chi connectivity index (χ2v) is 8.88. The first-order valence-electron chi connectivity index (χ1n) is 9.73. The first kappa shape index (κ1) is 18.4. The molecule has 0 atom stereocenters. The Morgan fingerprint density at radius 1 is 0.931 bits per heavy atom. The number of hydrogen-bond donors (Lipinski definition) is 0. The molecule has 0 N–H and O–H groups in total. The normalized spacial score (nSPS) is 13.6. The average Bonchev–Trinajstić information content (AvgIpc) is 3.13. The zero-order chi connectivity index (χ0) is 20.0. The van der Waals surface area contributed by atoms with Gasteiger partial charge < -0.3 is 0 Å². The lowest BCUT2D eigenvalue weighted by Gasteiger charge is -2.13. The highest BCUT2D eigenvalue weighted by Crippen LogP contribution is 2.34. The second kappa shape index (κ2) is 7.32. The maximum absolute atomic E-state index is 13.5. The van der Waals surface area contributed by atoms with Crippen LogP contribution in [0.2, 0.25) is 5.02 Å². The van der Waals surface area contributed by atoms with E-state index in [1.807, 2.05) is 42.5 Å². The van der Waals surface area contributed by atoms with Gasteiger partial charge in [-0.3, -0.25) is 9.36 Å². The summed E-state index contributed by atoms with van der Waals surface area (Å²) in [5, 5.41) is 1.37. The summed E-state index contributed by atoms with van der Waals surface area (Å²) in [4.78, 5) is 29.0. The molecule has 2 aromatic heterocycles. The molecule has 1 aliphatic carbocycles. The predicted molar refractivity (Wildman–Crippen MR) is 119 cm³/mol. The molecule has 29 heavy (non-hydrogen) atoms. The molecule has 0 radical (unpaired) electrons. The molecule has 1 aliphatic rings. The number of benzene rings is 2. The summed E-state index contributed by atoms with van der Waals surface area (Å²) in [6.45, 7) is 0.402. The van der Waals surface area contributed by atoms with Gasteiger partial charge in [-0.15, -0.1) is 11.3 Å². The summed E-state index contributed by atoms with van der Waals surface area (Å²) in [6.07, 6.45) is 4.10. The van der Waals surface area contributed by atoms with E-state index < -0.39 is 0 Å². The molecule has 0 aliphatic heterocycles. The van der Waals surface area contributed by atoms with Crippen LogP contribution in [-0.2, 0) is 19.4 Å². The molecule has 0 unspecified atom stereocenters. The molecule has 0 saturated carbocycles. The fourth-order valence-corrected chi connectivity index (χ4v) is 5.58. The van der Waals surface area contributed by atoms with E-state index in [-0.39, 0.29) is 11.2 Å². The number of fused-ring (bicyclic) bond motifs is 3. The summed E-state index contributed by atoms with van der Waals surface area (Å²) in [5.74, 6) is 0. The van der Waals surface area contributed by atoms with Crippen LogP contribution in [0, 0.1) is 0 Å². The van der Waals surface area contributed by atoms with E-state index in [4.69, 9.17) is 11.6 Å². The van der Waals surface area contributed by atoms with Crippen molar-refractivity contribution in [2.75, 3.05) is 0 Å². The van der Waals surface area contributed by atoms with Gasteiger partial charge in [0.15, 0.2) is 0 Å². The summed E-state index contributed by atoms with van der Waals surface area (Å²) in [6, 6.07) is 16.7. The Hall–Kier alpha value is -2.63. The first-order valence-corrected chi connectivity index (χ1v) is 10.9. The quantitative estimate of drug-likeness (QED) is 0.476. The van der Waals surface area contributed by atoms with Crippen LogP contribution < -0.4 is 11.2 Å². The molecule has 2 aromatic carbocycles. The third kappa shape index (κ3) is 3.15. The zero-order valence-electron chi connectivity index (χ0n) is 15.7. The van der Waals surface area contributed by atoms with Crippen LogP contribution in [0.3, 0.4) is 0 Å². The molecule has 6 heteroatoms. The number of halogens is 1. The Labute approximate surface area is 176 Å². The lowest BCUT2D eigenvalue weighted by Crippen LogP contribution is -2.39. The van der Waals surface area contributed by atoms with Gasteiger partial charge in [0.2, 0.25) is 0 Å². The largest absolute Gasteiger partial charge is 0.337 e. The SMILES string of the molecule is O=c1c2c3c(sc2n(Cc2ccc(Cl)cc2)c(=O)n1-c1ccccc1)CCCC3. The topological polar surface area (TPSA) is 44.0 Å². The third-order valence-electron chi connectivity index (χ3n) is 5.51. The number of rotatable bonds is 3. The molecular weight excluding hydrogens is 404 g/mol. The van der Waals surface area contributed by atoms with Gasteiger partial charge in [-0.25, -0.2) is 9.36 Å². The van der Waals surface area contributed by atoms with Crippen molar-refractivity contribution in [1.29, 1.82) is 0 Å². The summed E-state index contributed by atoms with van der Waals surface area (Å²) >= 11 is 7.63. The molecule has 5 rings (SSSR count). The monoisotopic (exact) mass is 422 g/mol. The third-order valence-corrected chi connectivity index (χ3v) is 7.07. The predicted octanol–water partition coefficient (Wildman–Crippen LogP) is 4.79. The van der Waals surface area contributed by atoms with Crippen molar-refractivity contribution >= 4 is 33.2 Å². The molecule has 0 fully saturated rings. The smallest absolute Gasteiger partial charge is 0.280 e. The van der Waals surface area contributed by atoms with Gasteiger partial charge in [-0.2, -0.15) is 0 Å². The standard InChI is InChI=1S/C23H19ClN2O2S/c24-16-12-10-15(11-13-16)14-25-22-20(18-8-4-5-9-19(18)29-22)21(27)26(23(25)28)17-6-2-1-3-7-17/h1-3,6-7,10-13H,4-5,8-9,14H2. The molecule has 2 heterocycles. The van der Waals surface area contributed by atoms with Gasteiger partial charge in [0.25, 0.3) is 5.56 Å². The highest BCUT2D eigenvalue weighted by atomic mass is 35.5. The van der Waals surface area contributed by atoms with E-state index in [1.54, 1.807) is 28.0 Å². The summed E-state index contributed by atoms with van der Waals surface area (Å²) in [5.41, 5.74) is 2.20. The average molecular weight is 423 g/mol. The summed E-state index contributed by atoms with van der Waals surface area (Å²) < 4.78 is 3.07. The molecular formula is C23H19ClN2O2S. The van der Waals surface area contributed by atoms with Gasteiger partial charge in [-0.1, -0.05) is 41.9 Å². The van der Waals surface area contributed by atoms with Crippen LogP contribution in [0.15, 0.2) is 64.2 Å². The molecule has 4 nitrogen and oxygen atoms in total. The highest BCUT2D eigenvalue weighted by molar-refractivity contribution is 7.18. The molecule has 146 valence electrons. The van der Waals surface area contributed by atoms with Gasteiger partial charge in [-0.05, 0) is 61.1 Å². The number of thiophene rings is 1. The van der Waals surface area contributed by atoms with Crippen molar-refractivity contribution in [3.63, 3.8) is 0 Å². The first-order chi connectivity index (χ1) is 14.1. The lowest BCUT2D eigenvalue weighted by molar-refractivity contribution is 0.696. The Morgan fingerprint density at radius 2 is 1.66 bits per heavy atom. The molecule has 0 amide bonds. The van der Waals surface area contributed by atoms with Crippen LogP contribution in [0.25, 0.3) is 15.9 Å². The zero-order valence-corrected chi connectivity index (χ0v) is 17.3. The van der Waals surface area contributed by atoms with Crippen LogP contribution in [0.1, 0.15) is 28.8 Å². The van der Waals surface area contributed by atoms with Crippen molar-refractivity contribution in [3.8, 4) is 5.69 Å². The van der Waals surface area contributed by atoms with Crippen molar-refractivity contribution in [1.82, 2.24) is 9.13 Å². The van der Waals surface area contributed by atoms with E-state index in [0.29, 0.717) is 22.6 Å². The van der Waals surface area contributed by atoms with Gasteiger partial charge in [0.1, 0.15) is 4.83 Å². The van der Waals surface area contributed by atoms with Crippen LogP contribution in [0.5, 0.6) is 0 Å². The summed E-state index contributed by atoms with van der Waals surface area (Å²) in [7, 11) is 0. The van der Waals surface area contributed by atoms with Crippen molar-refractivity contribution < 1.29 is 0 Å². The number of hydrogen-bond acceptors (Lipinski definition) is 3. The van der Waals surface area contributed by atoms with Gasteiger partial charge in [0, 0.05) is 9.90 Å². The Morgan fingerprint density at radius 3 is 2.41 bits per heavy atom. The number of nitrogens with zero attached hydrogens (tertiary/aromatic N) is 2. The fourth-order valence-electron chi connectivity index (χ4n) is 4.08. The second-order valence-electron chi connectivity index (χ2n) is 7.36. The molecule has 0 saturated heterocycles. The Balaban J connectivity index is 1.83. The molecule has 0 spiro atoms. The lowest BCUT2D eigenvalue weighted by atomic mass is 9.97. The minimum atomic E-state index is -0.303. The van der Waals surface area contributed by atoms with E-state index in [2.05, 4.69) is 0 Å². The fraction of sp³-hybridized carbons (Fsp3) is 0.217. The highest BCUT2D eigenvalue weighted by Gasteiger charge is 2.24. The Kier molecular flexibility index (Phi) is 4.64. The number of para-hydroxylation sites is 1. The minimum Gasteiger partial charge on any atom is -0.280 e. The van der Waals surface area contributed by atoms with E-state index in [9.17, 15) is 9.59 Å². The minimum absolute atomic E-state index is 0.206. The maximum atomic E-state index is 13.5. The molecule has 0 bridgehead atoms. The van der Waals surface area contributed by atoms with E-state index in [0.717, 1.165) is 41.6 Å².